The summed E-state index contributed by atoms with van der Waals surface area (Å²) in [6.07, 6.45) is 15.3. The average molecular weight is 429 g/mol. The molecule has 164 valence electrons. The van der Waals surface area contributed by atoms with Gasteiger partial charge in [-0.3, -0.25) is 9.47 Å². The normalized spacial score (nSPS) is 24.4. The lowest BCUT2D eigenvalue weighted by Gasteiger charge is -2.38. The van der Waals surface area contributed by atoms with Gasteiger partial charge >= 0.3 is 0 Å². The number of ether oxygens (including phenoxy) is 1. The van der Waals surface area contributed by atoms with Crippen molar-refractivity contribution in [3.8, 4) is 5.13 Å². The predicted octanol–water partition coefficient (Wildman–Crippen LogP) is 4.57. The van der Waals surface area contributed by atoms with Gasteiger partial charge in [0.2, 0.25) is 0 Å². The minimum Gasteiger partial charge on any atom is -0.377 e. The molecule has 2 saturated heterocycles. The number of hydrogen-bond acceptors (Lipinski definition) is 5. The fraction of sp³-hybridized carbons (Fsp3) is 0.708. The summed E-state index contributed by atoms with van der Waals surface area (Å²) in [5.74, 6) is 0.812. The van der Waals surface area contributed by atoms with E-state index >= 15 is 0 Å². The molecule has 1 aliphatic carbocycles. The minimum absolute atomic E-state index is 0.409. The number of aromatic nitrogens is 2. The summed E-state index contributed by atoms with van der Waals surface area (Å²) in [5, 5.41) is 3.12. The summed E-state index contributed by atoms with van der Waals surface area (Å²) in [6.45, 7) is 6.79. The molecule has 0 amide bonds. The number of rotatable bonds is 8. The van der Waals surface area contributed by atoms with Gasteiger partial charge in [0.05, 0.1) is 6.10 Å². The van der Waals surface area contributed by atoms with E-state index in [1.54, 1.807) is 11.3 Å². The molecule has 0 radical (unpaired) electrons. The molecule has 4 heterocycles. The van der Waals surface area contributed by atoms with Crippen LogP contribution in [0.4, 0.5) is 0 Å². The van der Waals surface area contributed by atoms with Gasteiger partial charge in [0, 0.05) is 55.8 Å². The van der Waals surface area contributed by atoms with Crippen molar-refractivity contribution >= 4 is 11.3 Å². The summed E-state index contributed by atoms with van der Waals surface area (Å²) in [5.41, 5.74) is 1.34. The van der Waals surface area contributed by atoms with Crippen LogP contribution >= 0.6 is 11.3 Å². The Kier molecular flexibility index (Phi) is 6.85. The third-order valence-electron chi connectivity index (χ3n) is 7.34. The quantitative estimate of drug-likeness (QED) is 0.617. The third-order valence-corrected chi connectivity index (χ3v) is 8.11. The van der Waals surface area contributed by atoms with E-state index < -0.39 is 0 Å². The zero-order chi connectivity index (χ0) is 20.2. The van der Waals surface area contributed by atoms with Gasteiger partial charge in [0.15, 0.2) is 5.13 Å². The molecule has 0 N–H and O–H groups in total. The molecular formula is C24H36N4OS. The molecule has 30 heavy (non-hydrogen) atoms. The fourth-order valence-corrected chi connectivity index (χ4v) is 6.37. The molecule has 6 heteroatoms. The first-order valence-corrected chi connectivity index (χ1v) is 12.9. The molecule has 5 nitrogen and oxygen atoms in total. The maximum absolute atomic E-state index is 6.01. The summed E-state index contributed by atoms with van der Waals surface area (Å²) >= 11 is 1.71. The van der Waals surface area contributed by atoms with Crippen LogP contribution in [0.5, 0.6) is 0 Å². The maximum Gasteiger partial charge on any atom is 0.193 e. The molecule has 1 atom stereocenters. The number of hydrogen-bond donors (Lipinski definition) is 0. The van der Waals surface area contributed by atoms with Gasteiger partial charge in [-0.15, -0.1) is 11.3 Å². The van der Waals surface area contributed by atoms with Gasteiger partial charge in [-0.1, -0.05) is 12.8 Å². The molecule has 2 aromatic rings. The van der Waals surface area contributed by atoms with Crippen molar-refractivity contribution in [2.45, 2.75) is 70.1 Å². The highest BCUT2D eigenvalue weighted by Crippen LogP contribution is 2.29. The van der Waals surface area contributed by atoms with E-state index in [4.69, 9.17) is 4.74 Å². The molecule has 3 fully saturated rings. The van der Waals surface area contributed by atoms with Gasteiger partial charge < -0.3 is 9.64 Å². The molecule has 2 aromatic heterocycles. The number of likely N-dealkylation sites (tertiary alicyclic amines) is 1. The number of nitrogens with zero attached hydrogens (tertiary/aromatic N) is 4. The minimum atomic E-state index is 0.409. The predicted molar refractivity (Wildman–Crippen MR) is 122 cm³/mol. The Labute approximate surface area is 185 Å². The molecule has 0 bridgehead atoms. The first-order chi connectivity index (χ1) is 14.8. The Morgan fingerprint density at radius 2 is 1.93 bits per heavy atom. The monoisotopic (exact) mass is 428 g/mol. The Hall–Kier alpha value is -1.21. The van der Waals surface area contributed by atoms with Gasteiger partial charge in [-0.2, -0.15) is 0 Å². The van der Waals surface area contributed by atoms with Crippen LogP contribution in [0, 0.1) is 5.92 Å². The van der Waals surface area contributed by atoms with E-state index in [-0.39, 0.29) is 0 Å². The van der Waals surface area contributed by atoms with Gasteiger partial charge in [-0.05, 0) is 69.7 Å². The first kappa shape index (κ1) is 20.7. The van der Waals surface area contributed by atoms with Crippen LogP contribution in [0.1, 0.15) is 57.1 Å². The van der Waals surface area contributed by atoms with Crippen molar-refractivity contribution in [2.75, 3.05) is 32.8 Å². The van der Waals surface area contributed by atoms with E-state index in [2.05, 4.69) is 43.1 Å². The van der Waals surface area contributed by atoms with Crippen LogP contribution in [-0.2, 0) is 11.3 Å². The Balaban J connectivity index is 1.22. The van der Waals surface area contributed by atoms with Crippen LogP contribution in [0.25, 0.3) is 5.13 Å². The van der Waals surface area contributed by atoms with E-state index in [9.17, 15) is 0 Å². The van der Waals surface area contributed by atoms with Crippen molar-refractivity contribution in [3.63, 3.8) is 0 Å². The smallest absolute Gasteiger partial charge is 0.193 e. The standard InChI is InChI=1S/C24H36N4OS/c1-2-6-21(5-1)27-13-9-20(10-14-27)17-26(19-23-8-4-15-29-23)18-22-7-3-12-28(22)24-25-11-16-30-24/h3,7,11-12,16,20-21,23H,1-2,4-6,8-10,13-15,17-19H2/t23-/m1/s1. The molecule has 0 spiro atoms. The SMILES string of the molecule is c1cc(CN(CC2CCN(C3CCCC3)CC2)C[C@H]2CCCO2)n(-c2nccs2)c1. The van der Waals surface area contributed by atoms with E-state index in [0.29, 0.717) is 6.10 Å². The highest BCUT2D eigenvalue weighted by Gasteiger charge is 2.29. The first-order valence-electron chi connectivity index (χ1n) is 12.0. The number of thiazole rings is 1. The van der Waals surface area contributed by atoms with Gasteiger partial charge in [0.25, 0.3) is 0 Å². The van der Waals surface area contributed by atoms with Crippen molar-refractivity contribution in [3.05, 3.63) is 35.6 Å². The molecular weight excluding hydrogens is 392 g/mol. The van der Waals surface area contributed by atoms with Gasteiger partial charge in [-0.25, -0.2) is 4.98 Å². The number of piperidine rings is 1. The third kappa shape index (κ3) is 4.98. The van der Waals surface area contributed by atoms with Crippen LogP contribution in [0.15, 0.2) is 29.9 Å². The molecule has 2 aliphatic heterocycles. The van der Waals surface area contributed by atoms with Gasteiger partial charge in [0.1, 0.15) is 0 Å². The summed E-state index contributed by atoms with van der Waals surface area (Å²) < 4.78 is 8.27. The second-order valence-electron chi connectivity index (χ2n) is 9.43. The summed E-state index contributed by atoms with van der Waals surface area (Å²) in [4.78, 5) is 9.99. The molecule has 3 aliphatic rings. The fourth-order valence-electron chi connectivity index (χ4n) is 5.71. The molecule has 0 unspecified atom stereocenters. The maximum atomic E-state index is 6.01. The van der Waals surface area contributed by atoms with Crippen molar-refractivity contribution in [2.24, 2.45) is 5.92 Å². The van der Waals surface area contributed by atoms with Crippen molar-refractivity contribution < 1.29 is 4.74 Å². The zero-order valence-corrected chi connectivity index (χ0v) is 18.9. The second-order valence-corrected chi connectivity index (χ2v) is 10.3. The lowest BCUT2D eigenvalue weighted by atomic mass is 9.94. The lowest BCUT2D eigenvalue weighted by molar-refractivity contribution is 0.0534. The molecule has 0 aromatic carbocycles. The van der Waals surface area contributed by atoms with Crippen LogP contribution in [0.3, 0.4) is 0 Å². The van der Waals surface area contributed by atoms with Crippen molar-refractivity contribution in [1.82, 2.24) is 19.4 Å². The summed E-state index contributed by atoms with van der Waals surface area (Å²) in [7, 11) is 0. The van der Waals surface area contributed by atoms with Crippen LogP contribution in [-0.4, -0.2) is 64.3 Å². The van der Waals surface area contributed by atoms with E-state index in [1.807, 2.05) is 6.20 Å². The highest BCUT2D eigenvalue weighted by molar-refractivity contribution is 7.12. The Morgan fingerprint density at radius 1 is 1.07 bits per heavy atom. The van der Waals surface area contributed by atoms with Crippen LogP contribution < -0.4 is 0 Å². The zero-order valence-electron chi connectivity index (χ0n) is 18.1. The largest absolute Gasteiger partial charge is 0.377 e. The van der Waals surface area contributed by atoms with E-state index in [0.717, 1.165) is 36.8 Å². The Morgan fingerprint density at radius 3 is 2.67 bits per heavy atom. The second kappa shape index (κ2) is 9.94. The topological polar surface area (TPSA) is 33.5 Å². The molecule has 5 rings (SSSR count). The highest BCUT2D eigenvalue weighted by atomic mass is 32.1. The summed E-state index contributed by atoms with van der Waals surface area (Å²) in [6, 6.07) is 5.30. The van der Waals surface area contributed by atoms with E-state index in [1.165, 1.54) is 76.7 Å². The Bertz CT molecular complexity index is 756. The lowest BCUT2D eigenvalue weighted by Crippen LogP contribution is -2.43. The van der Waals surface area contributed by atoms with Crippen LogP contribution in [0.2, 0.25) is 0 Å². The molecule has 1 saturated carbocycles. The average Bonchev–Trinajstić information content (AvgIpc) is 3.56. The van der Waals surface area contributed by atoms with Crippen molar-refractivity contribution in [1.29, 1.82) is 0 Å².